The largest absolute Gasteiger partial charge is 0.405 e. The van der Waals surface area contributed by atoms with Gasteiger partial charge in [-0.1, -0.05) is 12.1 Å². The Labute approximate surface area is 169 Å². The van der Waals surface area contributed by atoms with Crippen molar-refractivity contribution in [3.63, 3.8) is 0 Å². The number of aryl methyl sites for hydroxylation is 1. The van der Waals surface area contributed by atoms with Crippen LogP contribution in [0.25, 0.3) is 0 Å². The molecular formula is C20H20F5N3O2. The summed E-state index contributed by atoms with van der Waals surface area (Å²) in [6.07, 6.45) is -4.60. The number of hydrogen-bond acceptors (Lipinski definition) is 3. The van der Waals surface area contributed by atoms with E-state index in [0.29, 0.717) is 11.1 Å². The quantitative estimate of drug-likeness (QED) is 0.589. The predicted molar refractivity (Wildman–Crippen MR) is 101 cm³/mol. The summed E-state index contributed by atoms with van der Waals surface area (Å²) in [6, 6.07) is 6.52. The van der Waals surface area contributed by atoms with Crippen molar-refractivity contribution in [2.75, 3.05) is 18.4 Å². The molecule has 0 unspecified atom stereocenters. The molecule has 0 bridgehead atoms. The Morgan fingerprint density at radius 1 is 0.967 bits per heavy atom. The van der Waals surface area contributed by atoms with Gasteiger partial charge in [0.15, 0.2) is 0 Å². The molecule has 10 heteroatoms. The smallest absolute Gasteiger partial charge is 0.376 e. The van der Waals surface area contributed by atoms with E-state index >= 15 is 0 Å². The fourth-order valence-corrected chi connectivity index (χ4v) is 2.46. The molecule has 0 aliphatic heterocycles. The molecule has 0 heterocycles. The summed E-state index contributed by atoms with van der Waals surface area (Å²) in [5, 5.41) is 6.86. The molecule has 2 aromatic rings. The molecule has 0 saturated heterocycles. The first-order valence-electron chi connectivity index (χ1n) is 8.87. The predicted octanol–water partition coefficient (Wildman–Crippen LogP) is 3.60. The number of hydrogen-bond donors (Lipinski definition) is 3. The molecule has 0 aromatic heterocycles. The van der Waals surface area contributed by atoms with Crippen LogP contribution in [0.4, 0.5) is 27.6 Å². The first-order chi connectivity index (χ1) is 14.0. The van der Waals surface area contributed by atoms with E-state index < -0.39 is 36.2 Å². The van der Waals surface area contributed by atoms with Crippen molar-refractivity contribution >= 4 is 17.5 Å². The van der Waals surface area contributed by atoms with E-state index in [-0.39, 0.29) is 29.9 Å². The maximum Gasteiger partial charge on any atom is 0.405 e. The number of carbonyl (C=O) groups is 2. The van der Waals surface area contributed by atoms with Gasteiger partial charge in [0.25, 0.3) is 5.91 Å². The molecule has 0 atom stereocenters. The van der Waals surface area contributed by atoms with Gasteiger partial charge in [0.1, 0.15) is 18.2 Å². The highest BCUT2D eigenvalue weighted by atomic mass is 19.4. The number of amides is 2. The first-order valence-corrected chi connectivity index (χ1v) is 8.87. The minimum atomic E-state index is -4.60. The lowest BCUT2D eigenvalue weighted by Gasteiger charge is -2.14. The van der Waals surface area contributed by atoms with Gasteiger partial charge in [-0.3, -0.25) is 9.59 Å². The van der Waals surface area contributed by atoms with Crippen LogP contribution in [0.3, 0.4) is 0 Å². The van der Waals surface area contributed by atoms with Crippen LogP contribution in [0.15, 0.2) is 30.3 Å². The van der Waals surface area contributed by atoms with Crippen molar-refractivity contribution < 1.29 is 31.5 Å². The average Bonchev–Trinajstić information content (AvgIpc) is 2.67. The summed E-state index contributed by atoms with van der Waals surface area (Å²) >= 11 is 0. The van der Waals surface area contributed by atoms with Gasteiger partial charge in [-0.15, -0.1) is 0 Å². The first kappa shape index (κ1) is 23.1. The van der Waals surface area contributed by atoms with Crippen LogP contribution in [-0.2, 0) is 11.3 Å². The zero-order valence-electron chi connectivity index (χ0n) is 16.2. The highest BCUT2D eigenvalue weighted by molar-refractivity contribution is 5.95. The number of anilines is 1. The second kappa shape index (κ2) is 9.55. The van der Waals surface area contributed by atoms with Crippen LogP contribution in [0, 0.1) is 25.5 Å². The molecule has 162 valence electrons. The third kappa shape index (κ3) is 6.71. The van der Waals surface area contributed by atoms with E-state index in [1.165, 1.54) is 13.0 Å². The summed E-state index contributed by atoms with van der Waals surface area (Å²) in [5.74, 6) is -2.79. The number of alkyl halides is 3. The van der Waals surface area contributed by atoms with Crippen LogP contribution in [0.1, 0.15) is 27.0 Å². The Hall–Kier alpha value is -3.17. The molecule has 2 rings (SSSR count). The molecule has 0 spiro atoms. The molecule has 0 aliphatic carbocycles. The van der Waals surface area contributed by atoms with Gasteiger partial charge in [0, 0.05) is 23.4 Å². The molecule has 0 saturated carbocycles. The topological polar surface area (TPSA) is 70.2 Å². The molecule has 2 aromatic carbocycles. The monoisotopic (exact) mass is 429 g/mol. The molecule has 5 nitrogen and oxygen atoms in total. The van der Waals surface area contributed by atoms with E-state index in [9.17, 15) is 31.5 Å². The Balaban J connectivity index is 1.98. The van der Waals surface area contributed by atoms with Gasteiger partial charge >= 0.3 is 6.18 Å². The van der Waals surface area contributed by atoms with E-state index in [0.717, 1.165) is 12.1 Å². The molecule has 30 heavy (non-hydrogen) atoms. The van der Waals surface area contributed by atoms with Crippen molar-refractivity contribution in [3.8, 4) is 0 Å². The van der Waals surface area contributed by atoms with Crippen molar-refractivity contribution in [1.82, 2.24) is 10.6 Å². The Bertz CT molecular complexity index is 945. The molecule has 3 N–H and O–H groups in total. The van der Waals surface area contributed by atoms with Gasteiger partial charge in [0.05, 0.1) is 6.54 Å². The fraction of sp³-hybridized carbons (Fsp3) is 0.300. The zero-order valence-corrected chi connectivity index (χ0v) is 16.2. The van der Waals surface area contributed by atoms with Crippen molar-refractivity contribution in [2.24, 2.45) is 0 Å². The second-order valence-corrected chi connectivity index (χ2v) is 6.64. The maximum absolute atomic E-state index is 14.1. The summed E-state index contributed by atoms with van der Waals surface area (Å²) in [4.78, 5) is 23.8. The van der Waals surface area contributed by atoms with Crippen LogP contribution < -0.4 is 16.0 Å². The minimum Gasteiger partial charge on any atom is -0.376 e. The number of rotatable bonds is 7. The van der Waals surface area contributed by atoms with Gasteiger partial charge in [-0.05, 0) is 43.2 Å². The Kier molecular flexibility index (Phi) is 7.36. The van der Waals surface area contributed by atoms with E-state index in [4.69, 9.17) is 0 Å². The van der Waals surface area contributed by atoms with E-state index in [1.54, 1.807) is 24.4 Å². The Morgan fingerprint density at radius 3 is 2.30 bits per heavy atom. The Morgan fingerprint density at radius 2 is 1.67 bits per heavy atom. The standard InChI is InChI=1S/C20H20F5N3O2/c1-11-3-4-13(5-15(11)21)8-27-18(29)9-26-17-7-14(6-16(22)12(17)2)19(30)28-10-20(23,24)25/h3-7,26H,8-10H2,1-2H3,(H,27,29)(H,28,30). The van der Waals surface area contributed by atoms with Crippen molar-refractivity contribution in [2.45, 2.75) is 26.6 Å². The van der Waals surface area contributed by atoms with Crippen LogP contribution in [0.5, 0.6) is 0 Å². The van der Waals surface area contributed by atoms with Crippen molar-refractivity contribution in [3.05, 3.63) is 64.2 Å². The highest BCUT2D eigenvalue weighted by Gasteiger charge is 2.28. The lowest BCUT2D eigenvalue weighted by atomic mass is 10.1. The number of nitrogens with one attached hydrogen (secondary N) is 3. The second-order valence-electron chi connectivity index (χ2n) is 6.64. The van der Waals surface area contributed by atoms with E-state index in [2.05, 4.69) is 10.6 Å². The SMILES string of the molecule is Cc1ccc(CNC(=O)CNc2cc(C(=O)NCC(F)(F)F)cc(F)c2C)cc1F. The van der Waals surface area contributed by atoms with Crippen LogP contribution in [0.2, 0.25) is 0 Å². The molecule has 0 radical (unpaired) electrons. The molecular weight excluding hydrogens is 409 g/mol. The summed E-state index contributed by atoms with van der Waals surface area (Å²) in [5.41, 5.74) is 0.889. The maximum atomic E-state index is 14.1. The summed E-state index contributed by atoms with van der Waals surface area (Å²) in [7, 11) is 0. The number of benzene rings is 2. The van der Waals surface area contributed by atoms with Crippen LogP contribution >= 0.6 is 0 Å². The molecule has 2 amide bonds. The fourth-order valence-electron chi connectivity index (χ4n) is 2.46. The lowest BCUT2D eigenvalue weighted by Crippen LogP contribution is -2.34. The van der Waals surface area contributed by atoms with Gasteiger partial charge in [0.2, 0.25) is 5.91 Å². The highest BCUT2D eigenvalue weighted by Crippen LogP contribution is 2.21. The molecule has 0 aliphatic rings. The average molecular weight is 429 g/mol. The van der Waals surface area contributed by atoms with Crippen LogP contribution in [-0.4, -0.2) is 31.1 Å². The van der Waals surface area contributed by atoms with Gasteiger partial charge < -0.3 is 16.0 Å². The number of halogens is 5. The van der Waals surface area contributed by atoms with Gasteiger partial charge in [-0.25, -0.2) is 8.78 Å². The summed E-state index contributed by atoms with van der Waals surface area (Å²) in [6.45, 7) is 1.24. The number of carbonyl (C=O) groups excluding carboxylic acids is 2. The molecule has 0 fully saturated rings. The normalized spacial score (nSPS) is 11.2. The van der Waals surface area contributed by atoms with Crippen molar-refractivity contribution in [1.29, 1.82) is 0 Å². The minimum absolute atomic E-state index is 0.0743. The lowest BCUT2D eigenvalue weighted by molar-refractivity contribution is -0.123. The third-order valence-electron chi connectivity index (χ3n) is 4.22. The van der Waals surface area contributed by atoms with E-state index in [1.807, 2.05) is 0 Å². The zero-order chi connectivity index (χ0) is 22.5. The third-order valence-corrected chi connectivity index (χ3v) is 4.22. The summed E-state index contributed by atoms with van der Waals surface area (Å²) < 4.78 is 64.3. The van der Waals surface area contributed by atoms with Gasteiger partial charge in [-0.2, -0.15) is 13.2 Å².